The van der Waals surface area contributed by atoms with E-state index in [1.54, 1.807) is 19.2 Å². The molecule has 0 radical (unpaired) electrons. The summed E-state index contributed by atoms with van der Waals surface area (Å²) < 4.78 is 1.48. The zero-order chi connectivity index (χ0) is 14.5. The van der Waals surface area contributed by atoms with Crippen molar-refractivity contribution in [2.24, 2.45) is 7.05 Å². The number of aryl methyl sites for hydroxylation is 1. The predicted octanol–water partition coefficient (Wildman–Crippen LogP) is 1.47. The molecule has 2 rings (SSSR count). The second-order valence-electron chi connectivity index (χ2n) is 3.73. The van der Waals surface area contributed by atoms with Crippen molar-refractivity contribution in [2.75, 3.05) is 11.1 Å². The summed E-state index contributed by atoms with van der Waals surface area (Å²) in [6, 6.07) is 6.66. The first kappa shape index (κ1) is 14.3. The van der Waals surface area contributed by atoms with E-state index >= 15 is 0 Å². The molecule has 1 aromatic carbocycles. The van der Waals surface area contributed by atoms with Crippen LogP contribution in [0.5, 0.6) is 0 Å². The van der Waals surface area contributed by atoms with Gasteiger partial charge in [-0.15, -0.1) is 5.10 Å². The number of rotatable bonds is 4. The number of hydrogen-bond acceptors (Lipinski definition) is 6. The minimum absolute atomic E-state index is 0.172. The van der Waals surface area contributed by atoms with Crippen molar-refractivity contribution in [3.63, 3.8) is 0 Å². The van der Waals surface area contributed by atoms with Crippen LogP contribution >= 0.6 is 23.4 Å². The number of nitrogens with zero attached hydrogens (tertiary/aromatic N) is 5. The molecule has 0 fully saturated rings. The summed E-state index contributed by atoms with van der Waals surface area (Å²) >= 11 is 7.11. The van der Waals surface area contributed by atoms with Crippen LogP contribution in [0.1, 0.15) is 5.56 Å². The van der Waals surface area contributed by atoms with Crippen molar-refractivity contribution in [2.45, 2.75) is 5.16 Å². The molecule has 2 aromatic rings. The zero-order valence-electron chi connectivity index (χ0n) is 10.4. The van der Waals surface area contributed by atoms with E-state index in [9.17, 15) is 4.79 Å². The van der Waals surface area contributed by atoms with Gasteiger partial charge in [-0.2, -0.15) is 5.26 Å². The van der Waals surface area contributed by atoms with Gasteiger partial charge in [0.05, 0.1) is 16.3 Å². The van der Waals surface area contributed by atoms with Crippen molar-refractivity contribution in [3.8, 4) is 6.07 Å². The van der Waals surface area contributed by atoms with Crippen LogP contribution in [0.2, 0.25) is 5.02 Å². The number of hydrogen-bond donors (Lipinski definition) is 1. The third-order valence-electron chi connectivity index (χ3n) is 2.29. The molecule has 0 saturated carbocycles. The van der Waals surface area contributed by atoms with Gasteiger partial charge >= 0.3 is 0 Å². The summed E-state index contributed by atoms with van der Waals surface area (Å²) in [7, 11) is 1.70. The fourth-order valence-corrected chi connectivity index (χ4v) is 2.23. The predicted molar refractivity (Wildman–Crippen MR) is 74.3 cm³/mol. The molecule has 0 aliphatic carbocycles. The molecular weight excluding hydrogens is 300 g/mol. The normalized spacial score (nSPS) is 10.1. The number of anilines is 1. The van der Waals surface area contributed by atoms with Crippen molar-refractivity contribution in [1.82, 2.24) is 20.2 Å². The molecule has 1 heterocycles. The maximum absolute atomic E-state index is 11.8. The topological polar surface area (TPSA) is 96.5 Å². The molecule has 1 amide bonds. The largest absolute Gasteiger partial charge is 0.325 e. The summed E-state index contributed by atoms with van der Waals surface area (Å²) in [5, 5.41) is 23.2. The third-order valence-corrected chi connectivity index (χ3v) is 3.61. The molecule has 0 aliphatic rings. The molecule has 0 aliphatic heterocycles. The number of nitrogens with one attached hydrogen (secondary N) is 1. The van der Waals surface area contributed by atoms with Crippen molar-refractivity contribution < 1.29 is 4.79 Å². The van der Waals surface area contributed by atoms with E-state index < -0.39 is 0 Å². The van der Waals surface area contributed by atoms with Gasteiger partial charge in [-0.3, -0.25) is 4.79 Å². The number of carbonyl (C=O) groups excluding carboxylic acids is 1. The van der Waals surface area contributed by atoms with E-state index in [0.717, 1.165) is 0 Å². The van der Waals surface area contributed by atoms with Crippen LogP contribution in [0, 0.1) is 11.3 Å². The smallest absolute Gasteiger partial charge is 0.234 e. The Bertz CT molecular complexity index is 680. The molecule has 0 atom stereocenters. The van der Waals surface area contributed by atoms with Crippen molar-refractivity contribution in [1.29, 1.82) is 5.26 Å². The number of halogens is 1. The van der Waals surface area contributed by atoms with E-state index in [1.807, 2.05) is 6.07 Å². The first-order valence-electron chi connectivity index (χ1n) is 5.45. The van der Waals surface area contributed by atoms with Crippen LogP contribution in [0.25, 0.3) is 0 Å². The standard InChI is InChI=1S/C11H9ClN6OS/c1-18-11(15-16-17-18)20-6-10(19)14-8-3-2-7(5-13)9(12)4-8/h2-4H,6H2,1H3,(H,14,19). The Hall–Kier alpha value is -2.11. The Morgan fingerprint density at radius 2 is 2.40 bits per heavy atom. The zero-order valence-corrected chi connectivity index (χ0v) is 11.9. The summed E-state index contributed by atoms with van der Waals surface area (Å²) in [6.07, 6.45) is 0. The molecule has 20 heavy (non-hydrogen) atoms. The number of thioether (sulfide) groups is 1. The van der Waals surface area contributed by atoms with Crippen LogP contribution in [0.3, 0.4) is 0 Å². The van der Waals surface area contributed by atoms with Crippen LogP contribution in [0.15, 0.2) is 23.4 Å². The van der Waals surface area contributed by atoms with E-state index in [0.29, 0.717) is 21.4 Å². The lowest BCUT2D eigenvalue weighted by molar-refractivity contribution is -0.113. The highest BCUT2D eigenvalue weighted by molar-refractivity contribution is 7.99. The van der Waals surface area contributed by atoms with Gasteiger partial charge in [-0.1, -0.05) is 23.4 Å². The molecule has 7 nitrogen and oxygen atoms in total. The minimum Gasteiger partial charge on any atom is -0.325 e. The van der Waals surface area contributed by atoms with Crippen molar-refractivity contribution >= 4 is 35.0 Å². The maximum Gasteiger partial charge on any atom is 0.234 e. The number of benzene rings is 1. The van der Waals surface area contributed by atoms with Gasteiger partial charge in [0.15, 0.2) is 0 Å². The lowest BCUT2D eigenvalue weighted by Crippen LogP contribution is -2.14. The molecule has 0 spiro atoms. The van der Waals surface area contributed by atoms with E-state index in [2.05, 4.69) is 20.8 Å². The van der Waals surface area contributed by atoms with Gasteiger partial charge in [-0.05, 0) is 28.6 Å². The molecule has 102 valence electrons. The molecular formula is C11H9ClN6OS. The number of nitriles is 1. The van der Waals surface area contributed by atoms with Gasteiger partial charge in [0.1, 0.15) is 6.07 Å². The Morgan fingerprint density at radius 3 is 3.00 bits per heavy atom. The van der Waals surface area contributed by atoms with E-state index in [1.165, 1.54) is 22.5 Å². The summed E-state index contributed by atoms with van der Waals surface area (Å²) in [5.41, 5.74) is 0.903. The van der Waals surface area contributed by atoms with Gasteiger partial charge in [0.25, 0.3) is 0 Å². The Kier molecular flexibility index (Phi) is 4.55. The molecule has 9 heteroatoms. The third kappa shape index (κ3) is 3.46. The maximum atomic E-state index is 11.8. The van der Waals surface area contributed by atoms with E-state index in [-0.39, 0.29) is 11.7 Å². The first-order chi connectivity index (χ1) is 9.60. The summed E-state index contributed by atoms with van der Waals surface area (Å²) in [5.74, 6) is -0.0370. The molecule has 0 unspecified atom stereocenters. The second-order valence-corrected chi connectivity index (χ2v) is 5.08. The average molecular weight is 309 g/mol. The number of aromatic nitrogens is 4. The van der Waals surface area contributed by atoms with Gasteiger partial charge < -0.3 is 5.32 Å². The Labute approximate surface area is 123 Å². The number of tetrazole rings is 1. The van der Waals surface area contributed by atoms with Crippen LogP contribution in [-0.2, 0) is 11.8 Å². The van der Waals surface area contributed by atoms with Gasteiger partial charge in [0.2, 0.25) is 11.1 Å². The lowest BCUT2D eigenvalue weighted by atomic mass is 10.2. The highest BCUT2D eigenvalue weighted by Crippen LogP contribution is 2.20. The Balaban J connectivity index is 1.93. The number of carbonyl (C=O) groups is 1. The highest BCUT2D eigenvalue weighted by atomic mass is 35.5. The van der Waals surface area contributed by atoms with Gasteiger partial charge in [-0.25, -0.2) is 4.68 Å². The SMILES string of the molecule is Cn1nnnc1SCC(=O)Nc1ccc(C#N)c(Cl)c1. The summed E-state index contributed by atoms with van der Waals surface area (Å²) in [6.45, 7) is 0. The summed E-state index contributed by atoms with van der Waals surface area (Å²) in [4.78, 5) is 11.8. The van der Waals surface area contributed by atoms with E-state index in [4.69, 9.17) is 16.9 Å². The van der Waals surface area contributed by atoms with Crippen LogP contribution < -0.4 is 5.32 Å². The van der Waals surface area contributed by atoms with Crippen LogP contribution in [0.4, 0.5) is 5.69 Å². The number of amides is 1. The molecule has 0 bridgehead atoms. The lowest BCUT2D eigenvalue weighted by Gasteiger charge is -2.05. The van der Waals surface area contributed by atoms with Crippen LogP contribution in [-0.4, -0.2) is 31.9 Å². The molecule has 1 N–H and O–H groups in total. The minimum atomic E-state index is -0.209. The fourth-order valence-electron chi connectivity index (χ4n) is 1.35. The Morgan fingerprint density at radius 1 is 1.60 bits per heavy atom. The fraction of sp³-hybridized carbons (Fsp3) is 0.182. The monoisotopic (exact) mass is 308 g/mol. The second kappa shape index (κ2) is 6.36. The average Bonchev–Trinajstić information content (AvgIpc) is 2.82. The molecule has 0 saturated heterocycles. The quantitative estimate of drug-likeness (QED) is 0.859. The van der Waals surface area contributed by atoms with Crippen molar-refractivity contribution in [3.05, 3.63) is 28.8 Å². The van der Waals surface area contributed by atoms with Gasteiger partial charge in [0, 0.05) is 12.7 Å². The first-order valence-corrected chi connectivity index (χ1v) is 6.81. The highest BCUT2D eigenvalue weighted by Gasteiger charge is 2.09. The molecule has 1 aromatic heterocycles.